The van der Waals surface area contributed by atoms with E-state index in [-0.39, 0.29) is 17.1 Å². The molecule has 0 saturated carbocycles. The number of carbonyl (C=O) groups is 2. The average molecular weight is 381 g/mol. The molecule has 6 heteroatoms. The van der Waals surface area contributed by atoms with E-state index in [0.717, 1.165) is 11.1 Å². The molecule has 1 aromatic heterocycles. The van der Waals surface area contributed by atoms with Crippen LogP contribution in [-0.4, -0.2) is 18.0 Å². The zero-order valence-corrected chi connectivity index (χ0v) is 15.8. The number of furan rings is 1. The van der Waals surface area contributed by atoms with Crippen molar-refractivity contribution in [3.63, 3.8) is 0 Å². The van der Waals surface area contributed by atoms with Gasteiger partial charge in [-0.25, -0.2) is 9.18 Å². The van der Waals surface area contributed by atoms with Crippen LogP contribution in [0.15, 0.2) is 59.0 Å². The van der Waals surface area contributed by atoms with Crippen LogP contribution in [0.25, 0.3) is 11.3 Å². The molecule has 5 nitrogen and oxygen atoms in total. The highest BCUT2D eigenvalue weighted by molar-refractivity contribution is 5.97. The molecule has 28 heavy (non-hydrogen) atoms. The maximum Gasteiger partial charge on any atom is 0.375 e. The summed E-state index contributed by atoms with van der Waals surface area (Å²) in [6.45, 7) is 5.24. The number of ether oxygens (including phenoxy) is 1. The highest BCUT2D eigenvalue weighted by Gasteiger charge is 2.22. The highest BCUT2D eigenvalue weighted by Crippen LogP contribution is 2.25. The molecule has 0 unspecified atom stereocenters. The normalized spacial score (nSPS) is 11.7. The lowest BCUT2D eigenvalue weighted by Crippen LogP contribution is -2.30. The van der Waals surface area contributed by atoms with Crippen molar-refractivity contribution in [3.8, 4) is 11.3 Å². The van der Waals surface area contributed by atoms with E-state index in [1.165, 1.54) is 25.1 Å². The molecule has 0 aliphatic carbocycles. The summed E-state index contributed by atoms with van der Waals surface area (Å²) in [6.07, 6.45) is -1.03. The van der Waals surface area contributed by atoms with Gasteiger partial charge in [0.25, 0.3) is 5.91 Å². The Hall–Kier alpha value is -3.41. The van der Waals surface area contributed by atoms with E-state index in [0.29, 0.717) is 5.69 Å². The predicted octanol–water partition coefficient (Wildman–Crippen LogP) is 4.89. The lowest BCUT2D eigenvalue weighted by atomic mass is 10.1. The maximum atomic E-state index is 13.8. The van der Waals surface area contributed by atoms with Crippen LogP contribution < -0.4 is 5.32 Å². The number of carbonyl (C=O) groups excluding carboxylic acids is 2. The van der Waals surface area contributed by atoms with Crippen molar-refractivity contribution in [2.45, 2.75) is 26.9 Å². The van der Waals surface area contributed by atoms with Gasteiger partial charge in [0.05, 0.1) is 5.56 Å². The summed E-state index contributed by atoms with van der Waals surface area (Å²) in [4.78, 5) is 24.7. The van der Waals surface area contributed by atoms with Crippen molar-refractivity contribution in [1.82, 2.24) is 0 Å². The van der Waals surface area contributed by atoms with Crippen molar-refractivity contribution in [3.05, 3.63) is 77.3 Å². The number of benzene rings is 2. The van der Waals surface area contributed by atoms with E-state index >= 15 is 0 Å². The first-order chi connectivity index (χ1) is 13.4. The lowest BCUT2D eigenvalue weighted by Gasteiger charge is -2.15. The Morgan fingerprint density at radius 1 is 1.00 bits per heavy atom. The molecule has 0 aliphatic rings. The Morgan fingerprint density at radius 3 is 2.36 bits per heavy atom. The average Bonchev–Trinajstić information content (AvgIpc) is 3.15. The summed E-state index contributed by atoms with van der Waals surface area (Å²) in [5, 5.41) is 2.78. The van der Waals surface area contributed by atoms with Crippen LogP contribution >= 0.6 is 0 Å². The molecule has 2 aromatic carbocycles. The Labute approximate surface area is 162 Å². The third-order valence-corrected chi connectivity index (χ3v) is 4.33. The summed E-state index contributed by atoms with van der Waals surface area (Å²) in [6, 6.07) is 14.6. The fourth-order valence-corrected chi connectivity index (χ4v) is 2.76. The van der Waals surface area contributed by atoms with Crippen molar-refractivity contribution in [1.29, 1.82) is 0 Å². The van der Waals surface area contributed by atoms with Crippen LogP contribution in [0.5, 0.6) is 0 Å². The molecule has 0 saturated heterocycles. The number of anilines is 1. The largest absolute Gasteiger partial charge is 0.449 e. The number of rotatable bonds is 5. The summed E-state index contributed by atoms with van der Waals surface area (Å²) >= 11 is 0. The molecule has 0 fully saturated rings. The first-order valence-electron chi connectivity index (χ1n) is 8.79. The van der Waals surface area contributed by atoms with Gasteiger partial charge < -0.3 is 14.5 Å². The predicted molar refractivity (Wildman–Crippen MR) is 104 cm³/mol. The van der Waals surface area contributed by atoms with Crippen LogP contribution in [0.1, 0.15) is 28.6 Å². The van der Waals surface area contributed by atoms with Gasteiger partial charge in [-0.1, -0.05) is 30.3 Å². The van der Waals surface area contributed by atoms with Gasteiger partial charge in [-0.2, -0.15) is 0 Å². The quantitative estimate of drug-likeness (QED) is 0.639. The van der Waals surface area contributed by atoms with Crippen LogP contribution in [0.3, 0.4) is 0 Å². The van der Waals surface area contributed by atoms with E-state index in [1.807, 2.05) is 32.0 Å². The third-order valence-electron chi connectivity index (χ3n) is 4.33. The van der Waals surface area contributed by atoms with Gasteiger partial charge in [0.2, 0.25) is 5.76 Å². The number of nitrogens with one attached hydrogen (secondary N) is 1. The molecule has 1 amide bonds. The molecule has 0 aliphatic heterocycles. The molecule has 1 heterocycles. The van der Waals surface area contributed by atoms with Gasteiger partial charge in [-0.3, -0.25) is 4.79 Å². The second-order valence-corrected chi connectivity index (χ2v) is 6.45. The molecule has 144 valence electrons. The van der Waals surface area contributed by atoms with E-state index in [4.69, 9.17) is 9.15 Å². The zero-order valence-electron chi connectivity index (χ0n) is 15.8. The molecular formula is C22H20FNO4. The molecule has 0 radical (unpaired) electrons. The third kappa shape index (κ3) is 4.11. The number of hydrogen-bond donors (Lipinski definition) is 1. The van der Waals surface area contributed by atoms with Gasteiger partial charge >= 0.3 is 5.97 Å². The smallest absolute Gasteiger partial charge is 0.375 e. The van der Waals surface area contributed by atoms with Gasteiger partial charge in [-0.05, 0) is 56.2 Å². The Balaban J connectivity index is 1.68. The number of esters is 1. The topological polar surface area (TPSA) is 68.5 Å². The Kier molecular flexibility index (Phi) is 5.59. The molecule has 3 rings (SSSR count). The molecule has 3 aromatic rings. The van der Waals surface area contributed by atoms with E-state index in [1.54, 1.807) is 18.2 Å². The summed E-state index contributed by atoms with van der Waals surface area (Å²) < 4.78 is 24.4. The van der Waals surface area contributed by atoms with Crippen molar-refractivity contribution in [2.75, 3.05) is 5.32 Å². The van der Waals surface area contributed by atoms with Crippen LogP contribution in [0, 0.1) is 19.7 Å². The molecule has 0 spiro atoms. The fourth-order valence-electron chi connectivity index (χ4n) is 2.76. The number of aryl methyl sites for hydroxylation is 2. The van der Waals surface area contributed by atoms with E-state index < -0.39 is 23.8 Å². The van der Waals surface area contributed by atoms with Crippen molar-refractivity contribution >= 4 is 17.6 Å². The van der Waals surface area contributed by atoms with Crippen LogP contribution in [-0.2, 0) is 9.53 Å². The monoisotopic (exact) mass is 381 g/mol. The number of amides is 1. The van der Waals surface area contributed by atoms with Crippen LogP contribution in [0.4, 0.5) is 10.1 Å². The van der Waals surface area contributed by atoms with Crippen molar-refractivity contribution in [2.24, 2.45) is 0 Å². The molecular weight excluding hydrogens is 361 g/mol. The number of halogens is 1. The van der Waals surface area contributed by atoms with Gasteiger partial charge in [0.1, 0.15) is 11.6 Å². The highest BCUT2D eigenvalue weighted by atomic mass is 19.1. The minimum Gasteiger partial charge on any atom is -0.449 e. The molecule has 1 atom stereocenters. The summed E-state index contributed by atoms with van der Waals surface area (Å²) in [7, 11) is 0. The summed E-state index contributed by atoms with van der Waals surface area (Å²) in [5.41, 5.74) is 2.75. The molecule has 1 N–H and O–H groups in total. The number of para-hydroxylation sites is 1. The Bertz CT molecular complexity index is 1000. The minimum atomic E-state index is -1.03. The van der Waals surface area contributed by atoms with E-state index in [9.17, 15) is 14.0 Å². The van der Waals surface area contributed by atoms with Crippen molar-refractivity contribution < 1.29 is 23.1 Å². The maximum absolute atomic E-state index is 13.8. The zero-order chi connectivity index (χ0) is 20.3. The second-order valence-electron chi connectivity index (χ2n) is 6.45. The first kappa shape index (κ1) is 19.4. The second kappa shape index (κ2) is 8.08. The molecule has 0 bridgehead atoms. The number of hydrogen-bond acceptors (Lipinski definition) is 4. The standard InChI is InChI=1S/C22H20FNO4/c1-13-7-6-8-14(2)20(13)24-21(25)15(3)27-22(26)19-12-11-18(28-19)16-9-4-5-10-17(16)23/h4-12,15H,1-3H3,(H,24,25)/t15-/m0/s1. The Morgan fingerprint density at radius 2 is 1.68 bits per heavy atom. The van der Waals surface area contributed by atoms with Gasteiger partial charge in [0.15, 0.2) is 6.10 Å². The van der Waals surface area contributed by atoms with E-state index in [2.05, 4.69) is 5.32 Å². The SMILES string of the molecule is Cc1cccc(C)c1NC(=O)[C@H](C)OC(=O)c1ccc(-c2ccccc2F)o1. The minimum absolute atomic E-state index is 0.107. The van der Waals surface area contributed by atoms with Crippen LogP contribution in [0.2, 0.25) is 0 Å². The van der Waals surface area contributed by atoms with Gasteiger partial charge in [-0.15, -0.1) is 0 Å². The fraction of sp³-hybridized carbons (Fsp3) is 0.182. The lowest BCUT2D eigenvalue weighted by molar-refractivity contribution is -0.123. The summed E-state index contributed by atoms with van der Waals surface area (Å²) in [5.74, 6) is -1.61. The first-order valence-corrected chi connectivity index (χ1v) is 8.79. The van der Waals surface area contributed by atoms with Gasteiger partial charge in [0, 0.05) is 5.69 Å².